The van der Waals surface area contributed by atoms with E-state index in [4.69, 9.17) is 9.84 Å². The third-order valence-corrected chi connectivity index (χ3v) is 3.99. The molecule has 156 valence electrons. The Balaban J connectivity index is 2.35. The molecular weight excluding hydrogens is 370 g/mol. The molecule has 29 heavy (non-hydrogen) atoms. The molecule has 0 bridgehead atoms. The Morgan fingerprint density at radius 2 is 1.72 bits per heavy atom. The van der Waals surface area contributed by atoms with E-state index in [-0.39, 0.29) is 13.2 Å². The van der Waals surface area contributed by atoms with Gasteiger partial charge in [0.05, 0.1) is 12.3 Å². The fraction of sp³-hybridized carbons (Fsp3) is 0.364. The summed E-state index contributed by atoms with van der Waals surface area (Å²) in [5.41, 5.74) is 4.35. The highest BCUT2D eigenvalue weighted by molar-refractivity contribution is 5.94. The molecule has 0 radical (unpaired) electrons. The van der Waals surface area contributed by atoms with Gasteiger partial charge in [-0.3, -0.25) is 5.32 Å². The fourth-order valence-electron chi connectivity index (χ4n) is 2.74. The van der Waals surface area contributed by atoms with Crippen LogP contribution < -0.4 is 16.0 Å². The van der Waals surface area contributed by atoms with Crippen molar-refractivity contribution in [2.45, 2.75) is 40.2 Å². The van der Waals surface area contributed by atoms with Crippen LogP contribution in [0.4, 0.5) is 21.0 Å². The van der Waals surface area contributed by atoms with E-state index in [0.29, 0.717) is 11.4 Å². The summed E-state index contributed by atoms with van der Waals surface area (Å²) in [6.45, 7) is 9.41. The van der Waals surface area contributed by atoms with Crippen LogP contribution in [0.5, 0.6) is 0 Å². The molecule has 3 amide bonds. The molecule has 0 aliphatic carbocycles. The Labute approximate surface area is 171 Å². The van der Waals surface area contributed by atoms with Crippen molar-refractivity contribution < 1.29 is 19.4 Å². The first-order valence-electron chi connectivity index (χ1n) is 9.46. The van der Waals surface area contributed by atoms with Crippen LogP contribution in [0.15, 0.2) is 36.4 Å². The number of aryl methyl sites for hydroxylation is 2. The van der Waals surface area contributed by atoms with Crippen LogP contribution in [-0.4, -0.2) is 36.0 Å². The van der Waals surface area contributed by atoms with Crippen LogP contribution in [0, 0.1) is 13.8 Å². The van der Waals surface area contributed by atoms with E-state index in [1.165, 1.54) is 0 Å². The van der Waals surface area contributed by atoms with Crippen molar-refractivity contribution in [1.82, 2.24) is 5.32 Å². The van der Waals surface area contributed by atoms with Gasteiger partial charge in [0.15, 0.2) is 0 Å². The summed E-state index contributed by atoms with van der Waals surface area (Å²) in [6, 6.07) is 10.9. The highest BCUT2D eigenvalue weighted by Gasteiger charge is 2.18. The zero-order chi connectivity index (χ0) is 21.6. The summed E-state index contributed by atoms with van der Waals surface area (Å²) in [4.78, 5) is 24.2. The van der Waals surface area contributed by atoms with Crippen LogP contribution in [-0.2, 0) is 4.74 Å². The van der Waals surface area contributed by atoms with Crippen molar-refractivity contribution in [2.24, 2.45) is 0 Å². The molecule has 0 heterocycles. The van der Waals surface area contributed by atoms with Gasteiger partial charge in [-0.05, 0) is 70.0 Å². The van der Waals surface area contributed by atoms with Gasteiger partial charge in [-0.15, -0.1) is 0 Å². The molecule has 7 heteroatoms. The van der Waals surface area contributed by atoms with Crippen LogP contribution in [0.3, 0.4) is 0 Å². The summed E-state index contributed by atoms with van der Waals surface area (Å²) in [7, 11) is 0. The van der Waals surface area contributed by atoms with E-state index in [1.807, 2.05) is 65.0 Å². The Hall–Kier alpha value is -3.06. The number of hydrogen-bond acceptors (Lipinski definition) is 4. The summed E-state index contributed by atoms with van der Waals surface area (Å²) >= 11 is 0. The quantitative estimate of drug-likeness (QED) is 0.597. The molecule has 0 aliphatic heterocycles. The third kappa shape index (κ3) is 6.80. The zero-order valence-electron chi connectivity index (χ0n) is 17.6. The van der Waals surface area contributed by atoms with E-state index < -0.39 is 17.7 Å². The van der Waals surface area contributed by atoms with Crippen molar-refractivity contribution in [3.05, 3.63) is 47.5 Å². The lowest BCUT2D eigenvalue weighted by atomic mass is 9.96. The van der Waals surface area contributed by atoms with Gasteiger partial charge in [0, 0.05) is 17.8 Å². The Morgan fingerprint density at radius 1 is 1.00 bits per heavy atom. The number of anilines is 2. The first-order valence-corrected chi connectivity index (χ1v) is 9.46. The number of urea groups is 1. The molecule has 0 saturated carbocycles. The van der Waals surface area contributed by atoms with E-state index >= 15 is 0 Å². The van der Waals surface area contributed by atoms with Gasteiger partial charge in [-0.25, -0.2) is 9.59 Å². The van der Waals surface area contributed by atoms with Crippen molar-refractivity contribution in [3.63, 3.8) is 0 Å². The van der Waals surface area contributed by atoms with Gasteiger partial charge in [0.2, 0.25) is 0 Å². The molecule has 0 saturated heterocycles. The zero-order valence-corrected chi connectivity index (χ0v) is 17.6. The van der Waals surface area contributed by atoms with Gasteiger partial charge in [0.1, 0.15) is 5.60 Å². The van der Waals surface area contributed by atoms with Crippen molar-refractivity contribution >= 4 is 23.5 Å². The molecule has 2 rings (SSSR count). The minimum Gasteiger partial charge on any atom is -0.444 e. The fourth-order valence-corrected chi connectivity index (χ4v) is 2.74. The molecule has 0 fully saturated rings. The van der Waals surface area contributed by atoms with E-state index in [9.17, 15) is 9.59 Å². The third-order valence-electron chi connectivity index (χ3n) is 3.99. The van der Waals surface area contributed by atoms with Crippen molar-refractivity contribution in [1.29, 1.82) is 0 Å². The SMILES string of the molecule is Cc1ccc(NC(=O)OC(C)(C)C)c(-c2cc(NC(=O)NCCO)ccc2C)c1. The number of carbonyl (C=O) groups is 2. The predicted molar refractivity (Wildman–Crippen MR) is 115 cm³/mol. The van der Waals surface area contributed by atoms with Crippen LogP contribution >= 0.6 is 0 Å². The largest absolute Gasteiger partial charge is 0.444 e. The van der Waals surface area contributed by atoms with Gasteiger partial charge >= 0.3 is 12.1 Å². The maximum absolute atomic E-state index is 12.3. The number of carbonyl (C=O) groups excluding carboxylic acids is 2. The minimum absolute atomic E-state index is 0.129. The lowest BCUT2D eigenvalue weighted by molar-refractivity contribution is 0.0636. The Kier molecular flexibility index (Phi) is 7.23. The van der Waals surface area contributed by atoms with Crippen LogP contribution in [0.25, 0.3) is 11.1 Å². The smallest absolute Gasteiger partial charge is 0.412 e. The average molecular weight is 399 g/mol. The van der Waals surface area contributed by atoms with E-state index in [2.05, 4.69) is 16.0 Å². The molecule has 4 N–H and O–H groups in total. The molecule has 7 nitrogen and oxygen atoms in total. The van der Waals surface area contributed by atoms with Gasteiger partial charge < -0.3 is 20.5 Å². The molecule has 2 aromatic rings. The summed E-state index contributed by atoms with van der Waals surface area (Å²) in [6.07, 6.45) is -0.530. The number of hydrogen-bond donors (Lipinski definition) is 4. The second kappa shape index (κ2) is 9.43. The Morgan fingerprint density at radius 3 is 2.38 bits per heavy atom. The highest BCUT2D eigenvalue weighted by atomic mass is 16.6. The first-order chi connectivity index (χ1) is 13.6. The average Bonchev–Trinajstić information content (AvgIpc) is 2.61. The maximum Gasteiger partial charge on any atom is 0.412 e. The topological polar surface area (TPSA) is 99.7 Å². The monoisotopic (exact) mass is 399 g/mol. The number of aliphatic hydroxyl groups is 1. The molecule has 0 aromatic heterocycles. The standard InChI is InChI=1S/C22H29N3O4/c1-14-6-9-19(25-21(28)29-22(3,4)5)18(12-14)17-13-16(8-7-15(17)2)24-20(27)23-10-11-26/h6-9,12-13,26H,10-11H2,1-5H3,(H,25,28)(H2,23,24,27). The number of nitrogens with one attached hydrogen (secondary N) is 3. The van der Waals surface area contributed by atoms with Crippen LogP contribution in [0.2, 0.25) is 0 Å². The lowest BCUT2D eigenvalue weighted by Crippen LogP contribution is -2.30. The summed E-state index contributed by atoms with van der Waals surface area (Å²) in [5, 5.41) is 16.9. The first kappa shape index (κ1) is 22.2. The maximum atomic E-state index is 12.3. The molecule has 0 atom stereocenters. The molecule has 0 spiro atoms. The summed E-state index contributed by atoms with van der Waals surface area (Å²) in [5.74, 6) is 0. The summed E-state index contributed by atoms with van der Waals surface area (Å²) < 4.78 is 5.37. The van der Waals surface area contributed by atoms with Crippen molar-refractivity contribution in [2.75, 3.05) is 23.8 Å². The second-order valence-corrected chi connectivity index (χ2v) is 7.81. The van der Waals surface area contributed by atoms with Gasteiger partial charge in [-0.2, -0.15) is 0 Å². The predicted octanol–water partition coefficient (Wildman–Crippen LogP) is 4.43. The number of ether oxygens (including phenoxy) is 1. The minimum atomic E-state index is -0.601. The van der Waals surface area contributed by atoms with Gasteiger partial charge in [0.25, 0.3) is 0 Å². The molecule has 0 unspecified atom stereocenters. The number of amides is 3. The van der Waals surface area contributed by atoms with Gasteiger partial charge in [-0.1, -0.05) is 17.7 Å². The Bertz CT molecular complexity index is 888. The van der Waals surface area contributed by atoms with Crippen molar-refractivity contribution in [3.8, 4) is 11.1 Å². The number of rotatable bonds is 5. The normalized spacial score (nSPS) is 11.0. The van der Waals surface area contributed by atoms with E-state index in [0.717, 1.165) is 22.3 Å². The lowest BCUT2D eigenvalue weighted by Gasteiger charge is -2.21. The second-order valence-electron chi connectivity index (χ2n) is 7.81. The van der Waals surface area contributed by atoms with E-state index in [1.54, 1.807) is 6.07 Å². The van der Waals surface area contributed by atoms with Crippen LogP contribution in [0.1, 0.15) is 31.9 Å². The molecular formula is C22H29N3O4. The number of aliphatic hydroxyl groups excluding tert-OH is 1. The highest BCUT2D eigenvalue weighted by Crippen LogP contribution is 2.33. The molecule has 2 aromatic carbocycles. The molecule has 0 aliphatic rings. The number of benzene rings is 2.